The molecule has 34 heavy (non-hydrogen) atoms. The van der Waals surface area contributed by atoms with Gasteiger partial charge in [0.15, 0.2) is 5.82 Å². The van der Waals surface area contributed by atoms with Gasteiger partial charge in [0.25, 0.3) is 0 Å². The predicted molar refractivity (Wildman–Crippen MR) is 143 cm³/mol. The van der Waals surface area contributed by atoms with E-state index >= 15 is 0 Å². The van der Waals surface area contributed by atoms with E-state index in [-0.39, 0.29) is 6.10 Å². The molecule has 5 rings (SSSR count). The Bertz CT molecular complexity index is 1190. The maximum Gasteiger partial charge on any atom is 0.154 e. The Kier molecular flexibility index (Phi) is 6.92. The number of aryl methyl sites for hydroxylation is 1. The van der Waals surface area contributed by atoms with Gasteiger partial charge in [-0.25, -0.2) is 9.97 Å². The van der Waals surface area contributed by atoms with Crippen molar-refractivity contribution in [2.24, 2.45) is 7.05 Å². The van der Waals surface area contributed by atoms with Crippen molar-refractivity contribution in [2.75, 3.05) is 36.1 Å². The minimum absolute atomic E-state index is 0.152. The van der Waals surface area contributed by atoms with E-state index < -0.39 is 0 Å². The zero-order valence-electron chi connectivity index (χ0n) is 19.9. The third-order valence-electron chi connectivity index (χ3n) is 6.85. The highest BCUT2D eigenvalue weighted by atomic mass is 32.2. The van der Waals surface area contributed by atoms with E-state index in [1.54, 1.807) is 0 Å². The van der Waals surface area contributed by atoms with Crippen LogP contribution in [0.15, 0.2) is 60.3 Å². The first-order chi connectivity index (χ1) is 16.6. The number of benzene rings is 1. The van der Waals surface area contributed by atoms with Crippen LogP contribution in [0.3, 0.4) is 0 Å². The number of aliphatic hydroxyl groups excluding tert-OH is 1. The Morgan fingerprint density at radius 2 is 1.91 bits per heavy atom. The molecule has 0 saturated carbocycles. The number of aliphatic hydroxyl groups is 1. The highest BCUT2D eigenvalue weighted by Gasteiger charge is 2.18. The first kappa shape index (κ1) is 23.0. The molecular weight excluding hydrogens is 442 g/mol. The molecule has 0 amide bonds. The van der Waals surface area contributed by atoms with Crippen molar-refractivity contribution in [3.05, 3.63) is 71.7 Å². The van der Waals surface area contributed by atoms with Gasteiger partial charge in [0.2, 0.25) is 0 Å². The number of aromatic nitrogens is 3. The average Bonchev–Trinajstić information content (AvgIpc) is 3.24. The highest BCUT2D eigenvalue weighted by Crippen LogP contribution is 2.27. The summed E-state index contributed by atoms with van der Waals surface area (Å²) in [5, 5.41) is 13.9. The molecule has 3 heterocycles. The third kappa shape index (κ3) is 5.00. The largest absolute Gasteiger partial charge is 0.393 e. The predicted octanol–water partition coefficient (Wildman–Crippen LogP) is 4.55. The first-order valence-electron chi connectivity index (χ1n) is 12.1. The van der Waals surface area contributed by atoms with Gasteiger partial charge in [0, 0.05) is 50.2 Å². The summed E-state index contributed by atoms with van der Waals surface area (Å²) in [4.78, 5) is 12.2. The second-order valence-electron chi connectivity index (χ2n) is 9.19. The monoisotopic (exact) mass is 475 g/mol. The number of piperidine rings is 1. The molecule has 1 fully saturated rings. The standard InChI is InChI=1S/C27H33N5OS/c1-31-14-13-23-26(31)27(28-18-20-5-3-4-6-24(20)34-2)30-25(29-23)17-19-7-9-21(10-8-19)32-15-11-22(33)12-16-32/h3-5,7-10,13-14,22,24,33H,6,11-12,15-18H2,1-2H3,(H,28,29,30). The third-order valence-corrected chi connectivity index (χ3v) is 7.91. The lowest BCUT2D eigenvalue weighted by Crippen LogP contribution is -2.35. The normalized spacial score (nSPS) is 19.0. The number of nitrogens with one attached hydrogen (secondary N) is 1. The van der Waals surface area contributed by atoms with E-state index in [4.69, 9.17) is 9.97 Å². The summed E-state index contributed by atoms with van der Waals surface area (Å²) < 4.78 is 2.09. The molecule has 0 spiro atoms. The van der Waals surface area contributed by atoms with Gasteiger partial charge in [-0.05, 0) is 54.9 Å². The van der Waals surface area contributed by atoms with E-state index in [9.17, 15) is 5.11 Å². The fourth-order valence-corrected chi connectivity index (χ4v) is 5.60. The van der Waals surface area contributed by atoms with Crippen LogP contribution in [0.4, 0.5) is 11.5 Å². The van der Waals surface area contributed by atoms with E-state index in [2.05, 4.69) is 69.6 Å². The van der Waals surface area contributed by atoms with Crippen molar-refractivity contribution in [3.8, 4) is 0 Å². The zero-order valence-corrected chi connectivity index (χ0v) is 20.8. The number of rotatable bonds is 7. The van der Waals surface area contributed by atoms with Crippen LogP contribution in [-0.2, 0) is 13.5 Å². The fraction of sp³-hybridized carbons (Fsp3) is 0.407. The van der Waals surface area contributed by atoms with Crippen LogP contribution < -0.4 is 10.2 Å². The molecule has 1 saturated heterocycles. The van der Waals surface area contributed by atoms with Crippen LogP contribution in [-0.4, -0.2) is 56.9 Å². The van der Waals surface area contributed by atoms with Crippen LogP contribution in [0.1, 0.15) is 30.7 Å². The number of nitrogens with zero attached hydrogens (tertiary/aromatic N) is 4. The Morgan fingerprint density at radius 1 is 1.12 bits per heavy atom. The lowest BCUT2D eigenvalue weighted by atomic mass is 10.0. The number of fused-ring (bicyclic) bond motifs is 1. The van der Waals surface area contributed by atoms with Gasteiger partial charge < -0.3 is 19.9 Å². The molecule has 1 aliphatic heterocycles. The first-order valence-corrected chi connectivity index (χ1v) is 13.4. The molecule has 2 aromatic heterocycles. The van der Waals surface area contributed by atoms with Crippen LogP contribution in [0.2, 0.25) is 0 Å². The second kappa shape index (κ2) is 10.2. The molecule has 1 aromatic carbocycles. The van der Waals surface area contributed by atoms with Gasteiger partial charge >= 0.3 is 0 Å². The van der Waals surface area contributed by atoms with Gasteiger partial charge in [0.1, 0.15) is 11.3 Å². The Balaban J connectivity index is 1.34. The number of hydrogen-bond donors (Lipinski definition) is 2. The lowest BCUT2D eigenvalue weighted by Gasteiger charge is -2.31. The van der Waals surface area contributed by atoms with Gasteiger partial charge in [-0.2, -0.15) is 11.8 Å². The van der Waals surface area contributed by atoms with E-state index in [1.165, 1.54) is 16.8 Å². The molecule has 2 N–H and O–H groups in total. The van der Waals surface area contributed by atoms with Crippen LogP contribution >= 0.6 is 11.8 Å². The second-order valence-corrected chi connectivity index (χ2v) is 10.2. The molecule has 0 radical (unpaired) electrons. The molecule has 7 heteroatoms. The van der Waals surface area contributed by atoms with Gasteiger partial charge in [-0.15, -0.1) is 0 Å². The SMILES string of the molecule is CSC1CC=CC=C1CNc1nc(Cc2ccc(N3CCC(O)CC3)cc2)nc2ccn(C)c12. The van der Waals surface area contributed by atoms with Crippen molar-refractivity contribution < 1.29 is 5.11 Å². The Labute approximate surface area is 205 Å². The van der Waals surface area contributed by atoms with Crippen molar-refractivity contribution in [1.82, 2.24) is 14.5 Å². The molecule has 3 aromatic rings. The van der Waals surface area contributed by atoms with Crippen molar-refractivity contribution in [1.29, 1.82) is 0 Å². The number of allylic oxidation sites excluding steroid dienone is 3. The summed E-state index contributed by atoms with van der Waals surface area (Å²) >= 11 is 1.90. The van der Waals surface area contributed by atoms with Gasteiger partial charge in [-0.1, -0.05) is 30.4 Å². The zero-order chi connectivity index (χ0) is 23.5. The van der Waals surface area contributed by atoms with Crippen LogP contribution in [0, 0.1) is 0 Å². The lowest BCUT2D eigenvalue weighted by molar-refractivity contribution is 0.145. The summed E-state index contributed by atoms with van der Waals surface area (Å²) in [5.74, 6) is 1.72. The fourth-order valence-electron chi connectivity index (χ4n) is 4.83. The number of anilines is 2. The van der Waals surface area contributed by atoms with Crippen molar-refractivity contribution in [3.63, 3.8) is 0 Å². The minimum atomic E-state index is -0.152. The Morgan fingerprint density at radius 3 is 2.68 bits per heavy atom. The Hall–Kier alpha value is -2.77. The number of hydrogen-bond acceptors (Lipinski definition) is 6. The molecule has 1 atom stereocenters. The van der Waals surface area contributed by atoms with E-state index in [1.807, 2.05) is 25.0 Å². The van der Waals surface area contributed by atoms with E-state index in [0.29, 0.717) is 11.7 Å². The van der Waals surface area contributed by atoms with Crippen molar-refractivity contribution >= 4 is 34.3 Å². The smallest absolute Gasteiger partial charge is 0.154 e. The summed E-state index contributed by atoms with van der Waals surface area (Å²) in [6.07, 6.45) is 14.1. The van der Waals surface area contributed by atoms with E-state index in [0.717, 1.165) is 61.6 Å². The molecule has 178 valence electrons. The molecule has 2 aliphatic rings. The molecule has 1 aliphatic carbocycles. The summed E-state index contributed by atoms with van der Waals surface area (Å²) in [6.45, 7) is 2.60. The van der Waals surface area contributed by atoms with Gasteiger partial charge in [-0.3, -0.25) is 0 Å². The number of thioether (sulfide) groups is 1. The molecular formula is C27H33N5OS. The highest BCUT2D eigenvalue weighted by molar-refractivity contribution is 7.99. The quantitative estimate of drug-likeness (QED) is 0.523. The minimum Gasteiger partial charge on any atom is -0.393 e. The molecule has 6 nitrogen and oxygen atoms in total. The molecule has 1 unspecified atom stereocenters. The average molecular weight is 476 g/mol. The van der Waals surface area contributed by atoms with Gasteiger partial charge in [0.05, 0.1) is 11.6 Å². The summed E-state index contributed by atoms with van der Waals surface area (Å²) in [6, 6.07) is 10.8. The topological polar surface area (TPSA) is 66.2 Å². The maximum absolute atomic E-state index is 9.76. The van der Waals surface area contributed by atoms with Crippen LogP contribution in [0.5, 0.6) is 0 Å². The maximum atomic E-state index is 9.76. The van der Waals surface area contributed by atoms with Crippen molar-refractivity contribution in [2.45, 2.75) is 37.0 Å². The summed E-state index contributed by atoms with van der Waals surface area (Å²) in [5.41, 5.74) is 5.83. The molecule has 0 bridgehead atoms. The summed E-state index contributed by atoms with van der Waals surface area (Å²) in [7, 11) is 2.04. The van der Waals surface area contributed by atoms with Crippen LogP contribution in [0.25, 0.3) is 11.0 Å².